The number of carbonyl (C=O) groups excluding carboxylic acids is 1. The molecule has 0 spiro atoms. The number of nitrogens with zero attached hydrogens (tertiary/aromatic N) is 4. The number of nitrogens with one attached hydrogen (secondary N) is 1. The van der Waals surface area contributed by atoms with Crippen LogP contribution in [0.3, 0.4) is 0 Å². The molecular weight excluding hydrogens is 403 g/mol. The van der Waals surface area contributed by atoms with Crippen LogP contribution in [0.25, 0.3) is 11.4 Å². The first-order chi connectivity index (χ1) is 13.9. The van der Waals surface area contributed by atoms with E-state index in [1.54, 1.807) is 42.1 Å². The highest BCUT2D eigenvalue weighted by Gasteiger charge is 2.22. The summed E-state index contributed by atoms with van der Waals surface area (Å²) in [4.78, 5) is 16.4. The standard InChI is InChI=1S/C19H16F3N5OS/c1-3-10-27-17(12-6-8-23-9-7-12)25-26-19(27)29-11(2)18(28)24-14-5-4-13(20)15(21)16(14)22/h3-9,11H,1,10H2,2H3,(H,24,28). The molecule has 0 fully saturated rings. The van der Waals surface area contributed by atoms with E-state index in [0.717, 1.165) is 29.5 Å². The molecule has 6 nitrogen and oxygen atoms in total. The van der Waals surface area contributed by atoms with Gasteiger partial charge in [0.1, 0.15) is 0 Å². The van der Waals surface area contributed by atoms with Crippen LogP contribution < -0.4 is 5.32 Å². The lowest BCUT2D eigenvalue weighted by atomic mass is 10.2. The number of anilines is 1. The first-order valence-corrected chi connectivity index (χ1v) is 9.35. The van der Waals surface area contributed by atoms with Gasteiger partial charge in [0.25, 0.3) is 0 Å². The summed E-state index contributed by atoms with van der Waals surface area (Å²) in [5, 5.41) is 10.3. The molecule has 1 amide bonds. The minimum absolute atomic E-state index is 0.402. The Morgan fingerprint density at radius 1 is 1.21 bits per heavy atom. The summed E-state index contributed by atoms with van der Waals surface area (Å²) in [5.74, 6) is -4.45. The number of hydrogen-bond acceptors (Lipinski definition) is 5. The van der Waals surface area contributed by atoms with Crippen molar-refractivity contribution in [1.82, 2.24) is 19.7 Å². The first kappa shape index (κ1) is 20.6. The van der Waals surface area contributed by atoms with E-state index in [4.69, 9.17) is 0 Å². The third kappa shape index (κ3) is 4.48. The van der Waals surface area contributed by atoms with Crippen LogP contribution in [0.15, 0.2) is 54.5 Å². The van der Waals surface area contributed by atoms with Crippen LogP contribution >= 0.6 is 11.8 Å². The van der Waals surface area contributed by atoms with Crippen LogP contribution in [-0.4, -0.2) is 30.9 Å². The fourth-order valence-corrected chi connectivity index (χ4v) is 3.31. The van der Waals surface area contributed by atoms with E-state index in [2.05, 4.69) is 27.1 Å². The van der Waals surface area contributed by atoms with E-state index < -0.39 is 34.3 Å². The van der Waals surface area contributed by atoms with Gasteiger partial charge in [-0.25, -0.2) is 13.2 Å². The number of thioether (sulfide) groups is 1. The Balaban J connectivity index is 1.79. The minimum atomic E-state index is -1.64. The molecule has 1 unspecified atom stereocenters. The van der Waals surface area contributed by atoms with E-state index in [1.807, 2.05) is 0 Å². The van der Waals surface area contributed by atoms with E-state index in [0.29, 0.717) is 17.5 Å². The maximum Gasteiger partial charge on any atom is 0.237 e. The highest BCUT2D eigenvalue weighted by Crippen LogP contribution is 2.28. The number of amides is 1. The molecule has 0 bridgehead atoms. The van der Waals surface area contributed by atoms with Gasteiger partial charge in [0, 0.05) is 24.5 Å². The summed E-state index contributed by atoms with van der Waals surface area (Å²) in [6.45, 7) is 5.70. The fourth-order valence-electron chi connectivity index (χ4n) is 2.45. The van der Waals surface area contributed by atoms with Gasteiger partial charge < -0.3 is 5.32 Å². The third-order valence-corrected chi connectivity index (χ3v) is 4.99. The van der Waals surface area contributed by atoms with Gasteiger partial charge in [0.05, 0.1) is 10.9 Å². The van der Waals surface area contributed by atoms with Crippen molar-refractivity contribution < 1.29 is 18.0 Å². The largest absolute Gasteiger partial charge is 0.323 e. The molecule has 1 N–H and O–H groups in total. The lowest BCUT2D eigenvalue weighted by Gasteiger charge is -2.13. The minimum Gasteiger partial charge on any atom is -0.323 e. The molecule has 3 aromatic rings. The van der Waals surface area contributed by atoms with Crippen LogP contribution in [0, 0.1) is 17.5 Å². The van der Waals surface area contributed by atoms with Gasteiger partial charge in [0.2, 0.25) is 5.91 Å². The van der Waals surface area contributed by atoms with Gasteiger partial charge in [-0.1, -0.05) is 17.8 Å². The Hall–Kier alpha value is -3.14. The predicted molar refractivity (Wildman–Crippen MR) is 104 cm³/mol. The zero-order valence-electron chi connectivity index (χ0n) is 15.3. The number of halogens is 3. The summed E-state index contributed by atoms with van der Waals surface area (Å²) < 4.78 is 42.0. The summed E-state index contributed by atoms with van der Waals surface area (Å²) in [6.07, 6.45) is 4.92. The number of aromatic nitrogens is 4. The second-order valence-electron chi connectivity index (χ2n) is 5.91. The zero-order valence-corrected chi connectivity index (χ0v) is 16.1. The average Bonchev–Trinajstić information content (AvgIpc) is 3.11. The van der Waals surface area contributed by atoms with Crippen LogP contribution in [0.2, 0.25) is 0 Å². The van der Waals surface area contributed by atoms with E-state index in [1.165, 1.54) is 0 Å². The van der Waals surface area contributed by atoms with Crippen molar-refractivity contribution >= 4 is 23.4 Å². The molecule has 2 heterocycles. The Labute approximate surface area is 168 Å². The molecular formula is C19H16F3N5OS. The number of benzene rings is 1. The van der Waals surface area contributed by atoms with Gasteiger partial charge in [-0.05, 0) is 31.2 Å². The molecule has 2 aromatic heterocycles. The SMILES string of the molecule is C=CCn1c(SC(C)C(=O)Nc2ccc(F)c(F)c2F)nnc1-c1ccncc1. The fraction of sp³-hybridized carbons (Fsp3) is 0.158. The van der Waals surface area contributed by atoms with Gasteiger partial charge in [-0.3, -0.25) is 14.3 Å². The molecule has 29 heavy (non-hydrogen) atoms. The smallest absolute Gasteiger partial charge is 0.237 e. The highest BCUT2D eigenvalue weighted by molar-refractivity contribution is 8.00. The van der Waals surface area contributed by atoms with Crippen LogP contribution in [0.1, 0.15) is 6.92 Å². The molecule has 3 rings (SSSR count). The van der Waals surface area contributed by atoms with E-state index >= 15 is 0 Å². The maximum atomic E-state index is 13.8. The number of carbonyl (C=O) groups is 1. The van der Waals surface area contributed by atoms with Crippen molar-refractivity contribution in [3.05, 3.63) is 66.8 Å². The molecule has 0 saturated carbocycles. The van der Waals surface area contributed by atoms with Gasteiger partial charge in [-0.2, -0.15) is 0 Å². The predicted octanol–water partition coefficient (Wildman–Crippen LogP) is 4.06. The average molecular weight is 419 g/mol. The van der Waals surface area contributed by atoms with Crippen molar-refractivity contribution in [3.8, 4) is 11.4 Å². The highest BCUT2D eigenvalue weighted by atomic mass is 32.2. The van der Waals surface area contributed by atoms with E-state index in [9.17, 15) is 18.0 Å². The van der Waals surface area contributed by atoms with Crippen LogP contribution in [0.5, 0.6) is 0 Å². The van der Waals surface area contributed by atoms with Crippen molar-refractivity contribution in [3.63, 3.8) is 0 Å². The lowest BCUT2D eigenvalue weighted by molar-refractivity contribution is -0.115. The topological polar surface area (TPSA) is 72.7 Å². The molecule has 0 aliphatic carbocycles. The van der Waals surface area contributed by atoms with Gasteiger partial charge in [-0.15, -0.1) is 16.8 Å². The lowest BCUT2D eigenvalue weighted by Crippen LogP contribution is -2.23. The van der Waals surface area contributed by atoms with Gasteiger partial charge >= 0.3 is 0 Å². The first-order valence-electron chi connectivity index (χ1n) is 8.48. The van der Waals surface area contributed by atoms with Crippen molar-refractivity contribution in [2.45, 2.75) is 23.9 Å². The summed E-state index contributed by atoms with van der Waals surface area (Å²) in [6, 6.07) is 5.26. The van der Waals surface area contributed by atoms with Crippen molar-refractivity contribution in [1.29, 1.82) is 0 Å². The Morgan fingerprint density at radius 2 is 1.93 bits per heavy atom. The van der Waals surface area contributed by atoms with Crippen LogP contribution in [-0.2, 0) is 11.3 Å². The Morgan fingerprint density at radius 3 is 2.62 bits per heavy atom. The number of pyridine rings is 1. The molecule has 0 aliphatic rings. The quantitative estimate of drug-likeness (QED) is 0.355. The molecule has 150 valence electrons. The third-order valence-electron chi connectivity index (χ3n) is 3.91. The molecule has 10 heteroatoms. The second-order valence-corrected chi connectivity index (χ2v) is 7.22. The Kier molecular flexibility index (Phi) is 6.32. The molecule has 0 radical (unpaired) electrons. The molecule has 1 aromatic carbocycles. The number of hydrogen-bond donors (Lipinski definition) is 1. The monoisotopic (exact) mass is 419 g/mol. The molecule has 0 saturated heterocycles. The number of rotatable bonds is 7. The second kappa shape index (κ2) is 8.91. The normalized spacial score (nSPS) is 11.9. The van der Waals surface area contributed by atoms with Gasteiger partial charge in [0.15, 0.2) is 28.4 Å². The molecule has 0 aliphatic heterocycles. The van der Waals surface area contributed by atoms with Crippen molar-refractivity contribution in [2.24, 2.45) is 0 Å². The summed E-state index contributed by atoms with van der Waals surface area (Å²) in [7, 11) is 0. The van der Waals surface area contributed by atoms with Crippen LogP contribution in [0.4, 0.5) is 18.9 Å². The van der Waals surface area contributed by atoms with Crippen molar-refractivity contribution in [2.75, 3.05) is 5.32 Å². The maximum absolute atomic E-state index is 13.8. The molecule has 1 atom stereocenters. The van der Waals surface area contributed by atoms with E-state index in [-0.39, 0.29) is 0 Å². The zero-order chi connectivity index (χ0) is 21.0. The number of allylic oxidation sites excluding steroid dienone is 1. The summed E-state index contributed by atoms with van der Waals surface area (Å²) >= 11 is 1.09. The summed E-state index contributed by atoms with van der Waals surface area (Å²) in [5.41, 5.74) is 0.355. The Bertz CT molecular complexity index is 1040.